The van der Waals surface area contributed by atoms with E-state index in [1.165, 1.54) is 0 Å². The lowest BCUT2D eigenvalue weighted by molar-refractivity contribution is -0.141. The number of aliphatic hydroxyl groups excluding tert-OH is 1. The number of hydrogen-bond donors (Lipinski definition) is 5. The summed E-state index contributed by atoms with van der Waals surface area (Å²) in [6.45, 7) is 0. The van der Waals surface area contributed by atoms with Gasteiger partial charge in [0.15, 0.2) is 11.2 Å². The summed E-state index contributed by atoms with van der Waals surface area (Å²) in [6.07, 6.45) is -3.88. The number of alkyl halides is 1. The molecule has 10 heteroatoms. The highest BCUT2D eigenvalue weighted by atomic mass is 35.5. The van der Waals surface area contributed by atoms with Gasteiger partial charge in [-0.25, -0.2) is 4.39 Å². The largest absolute Gasteiger partial charge is 0.480 e. The van der Waals surface area contributed by atoms with E-state index in [1.807, 2.05) is 0 Å². The molecule has 1 unspecified atom stereocenters. The molecule has 7 nitrogen and oxygen atoms in total. The van der Waals surface area contributed by atoms with Gasteiger partial charge in [-0.05, 0) is 0 Å². The Balaban J connectivity index is 0.00000225. The van der Waals surface area contributed by atoms with Crippen LogP contribution < -0.4 is 5.73 Å². The summed E-state index contributed by atoms with van der Waals surface area (Å²) in [7, 11) is -4.60. The molecule has 0 radical (unpaired) electrons. The molecule has 1 aliphatic rings. The predicted octanol–water partition coefficient (Wildman–Crippen LogP) is -1.16. The Morgan fingerprint density at radius 1 is 1.56 bits per heavy atom. The number of aliphatic hydroxyl groups is 1. The fraction of sp³-hybridized carbons (Fsp3) is 0.833. The van der Waals surface area contributed by atoms with Crippen molar-refractivity contribution in [2.24, 2.45) is 5.73 Å². The molecule has 0 amide bonds. The molecule has 0 saturated heterocycles. The summed E-state index contributed by atoms with van der Waals surface area (Å²) >= 11 is 0. The van der Waals surface area contributed by atoms with Gasteiger partial charge in [0.1, 0.15) is 6.10 Å². The van der Waals surface area contributed by atoms with Crippen molar-refractivity contribution in [2.75, 3.05) is 6.16 Å². The molecule has 0 aromatic heterocycles. The van der Waals surface area contributed by atoms with E-state index in [1.54, 1.807) is 0 Å². The summed E-state index contributed by atoms with van der Waals surface area (Å²) < 4.78 is 24.1. The number of carboxylic acids is 1. The van der Waals surface area contributed by atoms with Crippen LogP contribution >= 0.6 is 20.0 Å². The zero-order chi connectivity index (χ0) is 12.1. The molecule has 0 aromatic carbocycles. The lowest BCUT2D eigenvalue weighted by Crippen LogP contribution is -2.46. The van der Waals surface area contributed by atoms with Gasteiger partial charge in [-0.3, -0.25) is 9.36 Å². The van der Waals surface area contributed by atoms with Crippen LogP contribution in [0.25, 0.3) is 0 Å². The maximum Gasteiger partial charge on any atom is 0.328 e. The molecule has 1 rings (SSSR count). The first kappa shape index (κ1) is 15.8. The van der Waals surface area contributed by atoms with Gasteiger partial charge in [-0.2, -0.15) is 0 Å². The van der Waals surface area contributed by atoms with Crippen LogP contribution in [-0.4, -0.2) is 49.4 Å². The van der Waals surface area contributed by atoms with Crippen molar-refractivity contribution >= 4 is 26.0 Å². The summed E-state index contributed by atoms with van der Waals surface area (Å²) in [4.78, 5) is 27.5. The van der Waals surface area contributed by atoms with E-state index in [-0.39, 0.29) is 12.4 Å². The number of halogens is 2. The number of hydrogen-bond acceptors (Lipinski definition) is 4. The van der Waals surface area contributed by atoms with Crippen molar-refractivity contribution in [2.45, 2.75) is 23.7 Å². The van der Waals surface area contributed by atoms with Gasteiger partial charge in [-0.15, -0.1) is 12.4 Å². The molecule has 0 heterocycles. The van der Waals surface area contributed by atoms with Gasteiger partial charge >= 0.3 is 13.6 Å². The van der Waals surface area contributed by atoms with Crippen LogP contribution in [-0.2, 0) is 9.36 Å². The van der Waals surface area contributed by atoms with Crippen LogP contribution in [0.15, 0.2) is 0 Å². The highest BCUT2D eigenvalue weighted by molar-refractivity contribution is 7.51. The fourth-order valence-electron chi connectivity index (χ4n) is 1.40. The third kappa shape index (κ3) is 2.53. The second-order valence-electron chi connectivity index (χ2n) is 3.68. The molecule has 16 heavy (non-hydrogen) atoms. The topological polar surface area (TPSA) is 141 Å². The number of carbonyl (C=O) groups is 1. The first-order valence-electron chi connectivity index (χ1n) is 3.97. The minimum absolute atomic E-state index is 0. The monoisotopic (exact) mass is 279 g/mol. The Morgan fingerprint density at radius 3 is 2.25 bits per heavy atom. The quantitative estimate of drug-likeness (QED) is 0.409. The minimum Gasteiger partial charge on any atom is -0.480 e. The minimum atomic E-state index is -4.60. The molecule has 6 N–H and O–H groups in total. The van der Waals surface area contributed by atoms with Crippen molar-refractivity contribution in [1.29, 1.82) is 0 Å². The average molecular weight is 280 g/mol. The molecule has 0 bridgehead atoms. The summed E-state index contributed by atoms with van der Waals surface area (Å²) in [6, 6.07) is 0. The van der Waals surface area contributed by atoms with Crippen LogP contribution in [0.2, 0.25) is 0 Å². The highest BCUT2D eigenvalue weighted by Crippen LogP contribution is 2.54. The molecule has 1 saturated carbocycles. The lowest BCUT2D eigenvalue weighted by atomic mass is 10.1. The normalized spacial score (nSPS) is 35.1. The van der Waals surface area contributed by atoms with Crippen LogP contribution in [0.1, 0.15) is 6.42 Å². The van der Waals surface area contributed by atoms with Crippen molar-refractivity contribution in [3.8, 4) is 0 Å². The average Bonchev–Trinajstić information content (AvgIpc) is 2.54. The maximum atomic E-state index is 13.6. The zero-order valence-corrected chi connectivity index (χ0v) is 9.62. The van der Waals surface area contributed by atoms with E-state index in [9.17, 15) is 13.8 Å². The van der Waals surface area contributed by atoms with Crippen LogP contribution in [0.4, 0.5) is 4.39 Å². The van der Waals surface area contributed by atoms with Crippen LogP contribution in [0, 0.1) is 0 Å². The van der Waals surface area contributed by atoms with Crippen LogP contribution in [0.3, 0.4) is 0 Å². The molecular weight excluding hydrogens is 267 g/mol. The summed E-state index contributed by atoms with van der Waals surface area (Å²) in [5, 5.41) is 17.7. The van der Waals surface area contributed by atoms with E-state index < -0.39 is 43.5 Å². The van der Waals surface area contributed by atoms with E-state index in [4.69, 9.17) is 25.7 Å². The van der Waals surface area contributed by atoms with Crippen molar-refractivity contribution in [3.63, 3.8) is 0 Å². The van der Waals surface area contributed by atoms with Gasteiger partial charge in [-0.1, -0.05) is 0 Å². The Bertz CT molecular complexity index is 350. The zero-order valence-electron chi connectivity index (χ0n) is 7.91. The van der Waals surface area contributed by atoms with Crippen molar-refractivity contribution in [1.82, 2.24) is 0 Å². The van der Waals surface area contributed by atoms with Crippen LogP contribution in [0.5, 0.6) is 0 Å². The number of aliphatic carboxylic acids is 1. The fourth-order valence-corrected chi connectivity index (χ4v) is 2.14. The smallest absolute Gasteiger partial charge is 0.328 e. The van der Waals surface area contributed by atoms with Gasteiger partial charge in [0.25, 0.3) is 0 Å². The van der Waals surface area contributed by atoms with E-state index in [0.717, 1.165) is 0 Å². The van der Waals surface area contributed by atoms with E-state index in [2.05, 4.69) is 0 Å². The van der Waals surface area contributed by atoms with Gasteiger partial charge < -0.3 is 25.7 Å². The standard InChI is InChI=1S/C6H11FNO6P.ClH/c7-5(2-6(5,8)4(10)11)3(9)1-15(12,13)14;/h3,9H,1-2,8H2,(H,10,11)(H2,12,13,14);1H/t3?,5-,6-;/m1./s1. The molecule has 3 atom stereocenters. The lowest BCUT2D eigenvalue weighted by Gasteiger charge is -2.18. The Morgan fingerprint density at radius 2 is 2.00 bits per heavy atom. The van der Waals surface area contributed by atoms with Gasteiger partial charge in [0.2, 0.25) is 0 Å². The first-order valence-corrected chi connectivity index (χ1v) is 5.76. The molecular formula is C6H12ClFNO6P. The number of rotatable bonds is 4. The molecule has 0 spiro atoms. The summed E-state index contributed by atoms with van der Waals surface area (Å²) in [5.41, 5.74) is 0.185. The van der Waals surface area contributed by atoms with E-state index in [0.29, 0.717) is 0 Å². The molecule has 0 aliphatic heterocycles. The molecule has 0 aromatic rings. The predicted molar refractivity (Wildman–Crippen MR) is 53.2 cm³/mol. The highest BCUT2D eigenvalue weighted by Gasteiger charge is 2.76. The van der Waals surface area contributed by atoms with Crippen molar-refractivity contribution < 1.29 is 33.7 Å². The maximum absolute atomic E-state index is 13.6. The SMILES string of the molecule is Cl.N[C@@]1(C(=O)O)C[C@@]1(F)C(O)CP(=O)(O)O. The Kier molecular flexibility index (Phi) is 4.15. The third-order valence-electron chi connectivity index (χ3n) is 2.47. The Labute approximate surface area is 96.0 Å². The third-order valence-corrected chi connectivity index (χ3v) is 3.29. The molecule has 1 fully saturated rings. The Hall–Kier alpha value is -0.240. The second-order valence-corrected chi connectivity index (χ2v) is 5.37. The number of carboxylic acid groups (broad SMARTS) is 1. The van der Waals surface area contributed by atoms with E-state index >= 15 is 0 Å². The van der Waals surface area contributed by atoms with Gasteiger partial charge in [0.05, 0.1) is 6.16 Å². The first-order chi connectivity index (χ1) is 6.53. The molecule has 96 valence electrons. The summed E-state index contributed by atoms with van der Waals surface area (Å²) in [5.74, 6) is -1.64. The van der Waals surface area contributed by atoms with Gasteiger partial charge in [0, 0.05) is 6.42 Å². The second kappa shape index (κ2) is 4.21. The molecule has 1 aliphatic carbocycles. The van der Waals surface area contributed by atoms with Crippen molar-refractivity contribution in [3.05, 3.63) is 0 Å². The number of nitrogens with two attached hydrogens (primary N) is 1.